The van der Waals surface area contributed by atoms with Gasteiger partial charge in [0.05, 0.1) is 0 Å². The maximum atomic E-state index is 12.7. The number of hydrogen-bond donors (Lipinski definition) is 2. The van der Waals surface area contributed by atoms with Crippen LogP contribution >= 0.6 is 0 Å². The molecule has 2 N–H and O–H groups in total. The number of carbonyl (C=O) groups excluding carboxylic acids is 2. The average molecular weight is 408 g/mol. The molecule has 1 atom stereocenters. The van der Waals surface area contributed by atoms with Gasteiger partial charge in [-0.3, -0.25) is 4.79 Å². The summed E-state index contributed by atoms with van der Waals surface area (Å²) in [5.41, 5.74) is 4.18. The van der Waals surface area contributed by atoms with E-state index in [4.69, 9.17) is 0 Å². The van der Waals surface area contributed by atoms with Crippen LogP contribution in [0.4, 0.5) is 4.79 Å². The molecule has 1 aliphatic rings. The van der Waals surface area contributed by atoms with Crippen LogP contribution in [0.5, 0.6) is 0 Å². The first kappa shape index (κ1) is 21.9. The minimum absolute atomic E-state index is 0.00214. The van der Waals surface area contributed by atoms with Crippen LogP contribution < -0.4 is 10.6 Å². The molecule has 30 heavy (non-hydrogen) atoms. The van der Waals surface area contributed by atoms with Crippen LogP contribution in [-0.2, 0) is 13.0 Å². The highest BCUT2D eigenvalue weighted by molar-refractivity contribution is 5.94. The van der Waals surface area contributed by atoms with Crippen molar-refractivity contribution in [2.45, 2.75) is 58.5 Å². The molecule has 2 aromatic rings. The summed E-state index contributed by atoms with van der Waals surface area (Å²) in [6.45, 7) is 8.06. The van der Waals surface area contributed by atoms with Crippen LogP contribution in [0.3, 0.4) is 0 Å². The molecular weight excluding hydrogens is 374 g/mol. The number of piperidine rings is 1. The highest BCUT2D eigenvalue weighted by Gasteiger charge is 2.25. The fraction of sp³-hybridized carbons (Fsp3) is 0.440. The Morgan fingerprint density at radius 2 is 1.83 bits per heavy atom. The van der Waals surface area contributed by atoms with E-state index in [9.17, 15) is 9.59 Å². The molecule has 1 saturated heterocycles. The monoisotopic (exact) mass is 407 g/mol. The lowest BCUT2D eigenvalue weighted by Crippen LogP contribution is -2.47. The van der Waals surface area contributed by atoms with Gasteiger partial charge in [0.15, 0.2) is 0 Å². The molecule has 0 aromatic heterocycles. The number of urea groups is 1. The van der Waals surface area contributed by atoms with E-state index < -0.39 is 0 Å². The molecular formula is C25H33N3O2. The maximum Gasteiger partial charge on any atom is 0.317 e. The molecule has 0 bridgehead atoms. The number of rotatable bonds is 6. The van der Waals surface area contributed by atoms with Crippen molar-refractivity contribution in [3.8, 4) is 0 Å². The summed E-state index contributed by atoms with van der Waals surface area (Å²) >= 11 is 0. The van der Waals surface area contributed by atoms with Crippen LogP contribution in [0.15, 0.2) is 48.5 Å². The van der Waals surface area contributed by atoms with Gasteiger partial charge in [-0.25, -0.2) is 4.79 Å². The molecule has 2 aromatic carbocycles. The van der Waals surface area contributed by atoms with Gasteiger partial charge in [0.2, 0.25) is 0 Å². The molecule has 5 nitrogen and oxygen atoms in total. The Morgan fingerprint density at radius 3 is 2.53 bits per heavy atom. The quantitative estimate of drug-likeness (QED) is 0.742. The van der Waals surface area contributed by atoms with Crippen molar-refractivity contribution in [2.24, 2.45) is 0 Å². The molecule has 3 amide bonds. The third-order valence-electron chi connectivity index (χ3n) is 5.63. The Labute approximate surface area is 179 Å². The number of likely N-dealkylation sites (tertiary alicyclic amines) is 1. The van der Waals surface area contributed by atoms with Gasteiger partial charge >= 0.3 is 6.03 Å². The zero-order chi connectivity index (χ0) is 21.5. The van der Waals surface area contributed by atoms with E-state index in [0.717, 1.165) is 36.9 Å². The summed E-state index contributed by atoms with van der Waals surface area (Å²) in [4.78, 5) is 26.9. The van der Waals surface area contributed by atoms with E-state index in [1.807, 2.05) is 36.9 Å². The van der Waals surface area contributed by atoms with Crippen molar-refractivity contribution in [1.82, 2.24) is 15.5 Å². The topological polar surface area (TPSA) is 61.4 Å². The first-order chi connectivity index (χ1) is 14.5. The Balaban J connectivity index is 1.61. The van der Waals surface area contributed by atoms with E-state index >= 15 is 0 Å². The van der Waals surface area contributed by atoms with Gasteiger partial charge in [0.1, 0.15) is 0 Å². The lowest BCUT2D eigenvalue weighted by atomic mass is 9.89. The van der Waals surface area contributed by atoms with Crippen LogP contribution in [0.25, 0.3) is 0 Å². The summed E-state index contributed by atoms with van der Waals surface area (Å²) in [7, 11) is 0. The molecule has 0 spiro atoms. The molecule has 1 fully saturated rings. The van der Waals surface area contributed by atoms with Gasteiger partial charge in [0.25, 0.3) is 5.91 Å². The minimum Gasteiger partial charge on any atom is -0.348 e. The second-order valence-corrected chi connectivity index (χ2v) is 8.37. The van der Waals surface area contributed by atoms with Gasteiger partial charge in [-0.15, -0.1) is 0 Å². The summed E-state index contributed by atoms with van der Waals surface area (Å²) in [6, 6.07) is 16.3. The van der Waals surface area contributed by atoms with E-state index in [1.165, 1.54) is 5.56 Å². The first-order valence-corrected chi connectivity index (χ1v) is 11.0. The summed E-state index contributed by atoms with van der Waals surface area (Å²) < 4.78 is 0. The van der Waals surface area contributed by atoms with E-state index in [0.29, 0.717) is 18.7 Å². The molecule has 0 aliphatic carbocycles. The summed E-state index contributed by atoms with van der Waals surface area (Å²) in [6.07, 6.45) is 3.01. The minimum atomic E-state index is -0.0679. The second kappa shape index (κ2) is 10.3. The largest absolute Gasteiger partial charge is 0.348 e. The summed E-state index contributed by atoms with van der Waals surface area (Å²) in [5, 5.41) is 5.99. The molecule has 5 heteroatoms. The smallest absolute Gasteiger partial charge is 0.317 e. The normalized spacial score (nSPS) is 16.4. The third-order valence-corrected chi connectivity index (χ3v) is 5.63. The molecule has 3 rings (SSSR count). The Bertz CT molecular complexity index is 861. The highest BCUT2D eigenvalue weighted by Crippen LogP contribution is 2.27. The third kappa shape index (κ3) is 5.85. The predicted octanol–water partition coefficient (Wildman–Crippen LogP) is 4.48. The van der Waals surface area contributed by atoms with Crippen molar-refractivity contribution >= 4 is 11.9 Å². The lowest BCUT2D eigenvalue weighted by Gasteiger charge is -2.33. The van der Waals surface area contributed by atoms with Crippen LogP contribution in [-0.4, -0.2) is 36.0 Å². The zero-order valence-electron chi connectivity index (χ0n) is 18.3. The van der Waals surface area contributed by atoms with Crippen molar-refractivity contribution < 1.29 is 9.59 Å². The number of carbonyl (C=O) groups is 2. The Kier molecular flexibility index (Phi) is 7.50. The lowest BCUT2D eigenvalue weighted by molar-refractivity contribution is 0.0950. The predicted molar refractivity (Wildman–Crippen MR) is 121 cm³/mol. The van der Waals surface area contributed by atoms with Crippen LogP contribution in [0, 0.1) is 0 Å². The van der Waals surface area contributed by atoms with E-state index in [1.54, 1.807) is 0 Å². The fourth-order valence-electron chi connectivity index (χ4n) is 3.88. The number of aryl methyl sites for hydroxylation is 1. The zero-order valence-corrected chi connectivity index (χ0v) is 18.3. The van der Waals surface area contributed by atoms with Gasteiger partial charge in [0, 0.05) is 37.2 Å². The first-order valence-electron chi connectivity index (χ1n) is 11.0. The molecule has 0 radical (unpaired) electrons. The van der Waals surface area contributed by atoms with Gasteiger partial charge in [-0.1, -0.05) is 43.3 Å². The van der Waals surface area contributed by atoms with Crippen molar-refractivity contribution in [3.05, 3.63) is 70.8 Å². The molecule has 160 valence electrons. The van der Waals surface area contributed by atoms with Crippen LogP contribution in [0.1, 0.15) is 66.6 Å². The van der Waals surface area contributed by atoms with Gasteiger partial charge < -0.3 is 15.5 Å². The molecule has 1 unspecified atom stereocenters. The Hall–Kier alpha value is -2.82. The number of nitrogens with zero attached hydrogens (tertiary/aromatic N) is 1. The van der Waals surface area contributed by atoms with Gasteiger partial charge in [-0.2, -0.15) is 0 Å². The molecule has 1 aliphatic heterocycles. The van der Waals surface area contributed by atoms with E-state index in [2.05, 4.69) is 47.9 Å². The number of amides is 3. The standard InChI is InChI=1S/C25H33N3O2/c1-4-19-10-12-20(13-11-19)16-26-24(29)22-8-5-7-21(15-22)23-9-6-14-28(17-23)25(30)27-18(2)3/h5,7-8,10-13,15,18,23H,4,6,9,14,16-17H2,1-3H3,(H,26,29)(H,27,30). The van der Waals surface area contributed by atoms with Crippen molar-refractivity contribution in [3.63, 3.8) is 0 Å². The van der Waals surface area contributed by atoms with Crippen LogP contribution in [0.2, 0.25) is 0 Å². The number of hydrogen-bond acceptors (Lipinski definition) is 2. The number of benzene rings is 2. The van der Waals surface area contributed by atoms with Crippen molar-refractivity contribution in [1.29, 1.82) is 0 Å². The maximum absolute atomic E-state index is 12.7. The molecule has 0 saturated carbocycles. The fourth-order valence-corrected chi connectivity index (χ4v) is 3.88. The van der Waals surface area contributed by atoms with Gasteiger partial charge in [-0.05, 0) is 61.9 Å². The van der Waals surface area contributed by atoms with E-state index in [-0.39, 0.29) is 23.9 Å². The Morgan fingerprint density at radius 1 is 1.10 bits per heavy atom. The second-order valence-electron chi connectivity index (χ2n) is 8.37. The molecule has 1 heterocycles. The average Bonchev–Trinajstić information content (AvgIpc) is 2.77. The highest BCUT2D eigenvalue weighted by atomic mass is 16.2. The van der Waals surface area contributed by atoms with Crippen molar-refractivity contribution in [2.75, 3.05) is 13.1 Å². The SMILES string of the molecule is CCc1ccc(CNC(=O)c2cccc(C3CCCN(C(=O)NC(C)C)C3)c2)cc1. The summed E-state index contributed by atoms with van der Waals surface area (Å²) in [5.74, 6) is 0.188. The number of nitrogens with one attached hydrogen (secondary N) is 2.